The molecule has 0 saturated heterocycles. The topological polar surface area (TPSA) is 70.0 Å². The lowest BCUT2D eigenvalue weighted by molar-refractivity contribution is -0.114. The predicted octanol–water partition coefficient (Wildman–Crippen LogP) is 4.61. The summed E-state index contributed by atoms with van der Waals surface area (Å²) in [6, 6.07) is 7.64. The van der Waals surface area contributed by atoms with E-state index in [0.717, 1.165) is 5.70 Å². The molecule has 1 aromatic carbocycles. The number of hydrogen-bond donors (Lipinski definition) is 1. The Kier molecular flexibility index (Phi) is 6.98. The van der Waals surface area contributed by atoms with Crippen LogP contribution in [0.5, 0.6) is 0 Å². The van der Waals surface area contributed by atoms with Crippen LogP contribution in [0.4, 0.5) is 4.39 Å². The van der Waals surface area contributed by atoms with Gasteiger partial charge in [-0.25, -0.2) is 4.39 Å². The summed E-state index contributed by atoms with van der Waals surface area (Å²) in [5, 5.41) is 13.5. The van der Waals surface area contributed by atoms with E-state index in [4.69, 9.17) is 0 Å². The molecule has 0 amide bonds. The van der Waals surface area contributed by atoms with Crippen LogP contribution in [0.15, 0.2) is 46.1 Å². The van der Waals surface area contributed by atoms with Crippen molar-refractivity contribution in [1.82, 2.24) is 5.32 Å². The van der Waals surface area contributed by atoms with E-state index in [2.05, 4.69) is 25.2 Å². The van der Waals surface area contributed by atoms with Crippen LogP contribution in [0, 0.1) is 29.0 Å². The molecule has 0 fully saturated rings. The van der Waals surface area contributed by atoms with Crippen molar-refractivity contribution in [2.75, 3.05) is 5.75 Å². The van der Waals surface area contributed by atoms with Crippen LogP contribution in [0.3, 0.4) is 0 Å². The van der Waals surface area contributed by atoms with E-state index in [1.165, 1.54) is 43.0 Å². The molecule has 0 bridgehead atoms. The van der Waals surface area contributed by atoms with Crippen LogP contribution < -0.4 is 5.32 Å². The molecule has 0 aromatic heterocycles. The number of hydrogen-bond acceptors (Lipinski definition) is 5. The molecule has 0 spiro atoms. The summed E-state index contributed by atoms with van der Waals surface area (Å²) in [4.78, 5) is 24.5. The largest absolute Gasteiger partial charge is 0.353 e. The number of carbonyl (C=O) groups is 2. The van der Waals surface area contributed by atoms with Crippen LogP contribution in [-0.4, -0.2) is 17.3 Å². The van der Waals surface area contributed by atoms with Crippen molar-refractivity contribution in [3.05, 3.63) is 57.5 Å². The minimum Gasteiger partial charge on any atom is -0.353 e. The molecule has 1 heterocycles. The predicted molar refractivity (Wildman–Crippen MR) is 105 cm³/mol. The summed E-state index contributed by atoms with van der Waals surface area (Å²) in [5.41, 5.74) is 2.28. The average Bonchev–Trinajstić information content (AvgIpc) is 2.59. The van der Waals surface area contributed by atoms with Gasteiger partial charge in [-0.2, -0.15) is 5.26 Å². The van der Waals surface area contributed by atoms with Crippen molar-refractivity contribution in [1.29, 1.82) is 5.26 Å². The van der Waals surface area contributed by atoms with Gasteiger partial charge in [0.15, 0.2) is 11.6 Å². The molecule has 1 unspecified atom stereocenters. The molecule has 4 nitrogen and oxygen atoms in total. The number of nitrogens with one attached hydrogen (secondary N) is 1. The third kappa shape index (κ3) is 5.08. The van der Waals surface area contributed by atoms with Gasteiger partial charge in [0.05, 0.1) is 22.4 Å². The van der Waals surface area contributed by atoms with E-state index >= 15 is 0 Å². The zero-order valence-electron chi connectivity index (χ0n) is 15.9. The Labute approximate surface area is 163 Å². The van der Waals surface area contributed by atoms with Gasteiger partial charge in [-0.15, -0.1) is 0 Å². The second-order valence-electron chi connectivity index (χ2n) is 6.98. The summed E-state index contributed by atoms with van der Waals surface area (Å²) >= 11 is 1.24. The molecule has 2 rings (SSSR count). The first kappa shape index (κ1) is 20.9. The lowest BCUT2D eigenvalue weighted by Gasteiger charge is -2.30. The van der Waals surface area contributed by atoms with Crippen molar-refractivity contribution in [2.24, 2.45) is 11.8 Å². The Morgan fingerprint density at radius 3 is 2.44 bits per heavy atom. The van der Waals surface area contributed by atoms with Crippen LogP contribution in [-0.2, 0) is 4.79 Å². The highest BCUT2D eigenvalue weighted by atomic mass is 32.2. The lowest BCUT2D eigenvalue weighted by Crippen LogP contribution is -2.29. The third-order valence-corrected chi connectivity index (χ3v) is 5.38. The highest BCUT2D eigenvalue weighted by Gasteiger charge is 2.32. The Morgan fingerprint density at radius 1 is 1.30 bits per heavy atom. The van der Waals surface area contributed by atoms with Gasteiger partial charge < -0.3 is 5.32 Å². The van der Waals surface area contributed by atoms with E-state index in [1.807, 2.05) is 6.92 Å². The first-order valence-electron chi connectivity index (χ1n) is 8.79. The van der Waals surface area contributed by atoms with Gasteiger partial charge in [-0.05, 0) is 50.5 Å². The minimum absolute atomic E-state index is 0.0511. The number of ketones is 2. The van der Waals surface area contributed by atoms with Crippen LogP contribution in [0.25, 0.3) is 0 Å². The average molecular weight is 386 g/mol. The smallest absolute Gasteiger partial charge is 0.173 e. The molecule has 1 atom stereocenters. The first-order valence-corrected chi connectivity index (χ1v) is 9.77. The zero-order chi connectivity index (χ0) is 20.1. The fourth-order valence-electron chi connectivity index (χ4n) is 3.18. The highest BCUT2D eigenvalue weighted by molar-refractivity contribution is 8.03. The number of Topliss-reactive ketones (excluding diaryl/α,β-unsaturated/α-hetero) is 2. The Balaban J connectivity index is 2.26. The summed E-state index contributed by atoms with van der Waals surface area (Å²) < 4.78 is 13.0. The number of nitrogens with zero attached hydrogens (tertiary/aromatic N) is 1. The lowest BCUT2D eigenvalue weighted by atomic mass is 9.81. The SMILES string of the molecule is CC(=O)C1=C(C)NC(SCC(=O)c2ccc(F)cc2)=C(C#N)C1CC(C)C. The maximum Gasteiger partial charge on any atom is 0.173 e. The molecule has 6 heteroatoms. The van der Waals surface area contributed by atoms with Gasteiger partial charge in [0.2, 0.25) is 0 Å². The van der Waals surface area contributed by atoms with Crippen molar-refractivity contribution in [3.63, 3.8) is 0 Å². The van der Waals surface area contributed by atoms with Gasteiger partial charge in [-0.1, -0.05) is 25.6 Å². The van der Waals surface area contributed by atoms with E-state index in [9.17, 15) is 19.2 Å². The fraction of sp³-hybridized carbons (Fsp3) is 0.381. The van der Waals surface area contributed by atoms with Crippen LogP contribution in [0.2, 0.25) is 0 Å². The van der Waals surface area contributed by atoms with Crippen molar-refractivity contribution < 1.29 is 14.0 Å². The molecular formula is C21H23FN2O2S. The normalized spacial score (nSPS) is 17.0. The third-order valence-electron chi connectivity index (χ3n) is 4.37. The number of thioether (sulfide) groups is 1. The zero-order valence-corrected chi connectivity index (χ0v) is 16.7. The molecule has 27 heavy (non-hydrogen) atoms. The Bertz CT molecular complexity index is 848. The summed E-state index contributed by atoms with van der Waals surface area (Å²) in [6.07, 6.45) is 0.687. The molecule has 1 aliphatic heterocycles. The summed E-state index contributed by atoms with van der Waals surface area (Å²) in [6.45, 7) is 7.43. The molecular weight excluding hydrogens is 363 g/mol. The van der Waals surface area contributed by atoms with Crippen molar-refractivity contribution >= 4 is 23.3 Å². The standard InChI is InChI=1S/C21H23FN2O2S/c1-12(2)9-17-18(10-23)21(24-13(3)20(17)14(4)25)27-11-19(26)15-5-7-16(22)8-6-15/h5-8,12,17,24H,9,11H2,1-4H3. The number of nitriles is 1. The second-order valence-corrected chi connectivity index (χ2v) is 7.96. The van der Waals surface area contributed by atoms with E-state index < -0.39 is 5.82 Å². The summed E-state index contributed by atoms with van der Waals surface area (Å²) in [7, 11) is 0. The van der Waals surface area contributed by atoms with E-state index in [-0.39, 0.29) is 23.2 Å². The van der Waals surface area contributed by atoms with Gasteiger partial charge in [0.25, 0.3) is 0 Å². The molecule has 1 aromatic rings. The molecule has 1 N–H and O–H groups in total. The number of dihydropyridines is 1. The monoisotopic (exact) mass is 386 g/mol. The molecule has 0 aliphatic carbocycles. The van der Waals surface area contributed by atoms with Gasteiger partial charge >= 0.3 is 0 Å². The Hall–Kier alpha value is -2.39. The molecule has 0 radical (unpaired) electrons. The molecule has 0 saturated carbocycles. The highest BCUT2D eigenvalue weighted by Crippen LogP contribution is 2.37. The van der Waals surface area contributed by atoms with Crippen molar-refractivity contribution in [3.8, 4) is 6.07 Å². The number of allylic oxidation sites excluding steroid dienone is 3. The molecule has 142 valence electrons. The van der Waals surface area contributed by atoms with E-state index in [1.54, 1.807) is 0 Å². The fourth-order valence-corrected chi connectivity index (χ4v) is 4.20. The maximum absolute atomic E-state index is 13.0. The van der Waals surface area contributed by atoms with Crippen molar-refractivity contribution in [2.45, 2.75) is 34.1 Å². The summed E-state index contributed by atoms with van der Waals surface area (Å²) in [5.74, 6) is -0.425. The number of halogens is 1. The quantitative estimate of drug-likeness (QED) is 0.693. The second kappa shape index (κ2) is 9.01. The number of carbonyl (C=O) groups excluding carboxylic acids is 2. The number of benzene rings is 1. The Morgan fingerprint density at radius 2 is 1.93 bits per heavy atom. The maximum atomic E-state index is 13.0. The first-order chi connectivity index (χ1) is 12.7. The minimum atomic E-state index is -0.392. The number of rotatable bonds is 7. The van der Waals surface area contributed by atoms with Crippen LogP contribution >= 0.6 is 11.8 Å². The molecule has 1 aliphatic rings. The van der Waals surface area contributed by atoms with Crippen LogP contribution in [0.1, 0.15) is 44.5 Å². The van der Waals surface area contributed by atoms with E-state index in [0.29, 0.717) is 34.1 Å². The van der Waals surface area contributed by atoms with Gasteiger partial charge in [-0.3, -0.25) is 9.59 Å². The van der Waals surface area contributed by atoms with Gasteiger partial charge in [0, 0.05) is 22.8 Å². The van der Waals surface area contributed by atoms with Gasteiger partial charge in [0.1, 0.15) is 5.82 Å².